The first-order valence-electron chi connectivity index (χ1n) is 10.5. The molecule has 3 rings (SSSR count). The van der Waals surface area contributed by atoms with E-state index in [-0.39, 0.29) is 22.3 Å². The summed E-state index contributed by atoms with van der Waals surface area (Å²) in [5.41, 5.74) is 0.416. The van der Waals surface area contributed by atoms with Crippen molar-refractivity contribution in [3.8, 4) is 16.9 Å². The van der Waals surface area contributed by atoms with Gasteiger partial charge in [0.1, 0.15) is 17.2 Å². The number of halogens is 1. The molecule has 1 amide bonds. The molecule has 174 valence electrons. The number of rotatable bonds is 5. The third kappa shape index (κ3) is 6.14. The van der Waals surface area contributed by atoms with E-state index in [2.05, 4.69) is 5.32 Å². The van der Waals surface area contributed by atoms with E-state index >= 15 is 0 Å². The van der Waals surface area contributed by atoms with Crippen molar-refractivity contribution in [2.45, 2.75) is 46.3 Å². The van der Waals surface area contributed by atoms with Crippen LogP contribution in [0.25, 0.3) is 22.1 Å². The highest BCUT2D eigenvalue weighted by atomic mass is 35.5. The van der Waals surface area contributed by atoms with Crippen LogP contribution in [0.3, 0.4) is 0 Å². The predicted octanol–water partition coefficient (Wildman–Crippen LogP) is 5.57. The van der Waals surface area contributed by atoms with E-state index in [1.54, 1.807) is 40.7 Å². The molecule has 33 heavy (non-hydrogen) atoms. The molecule has 3 aromatic rings. The van der Waals surface area contributed by atoms with Gasteiger partial charge in [-0.2, -0.15) is 0 Å². The van der Waals surface area contributed by atoms with Crippen molar-refractivity contribution in [2.75, 3.05) is 0 Å². The summed E-state index contributed by atoms with van der Waals surface area (Å²) in [6, 6.07) is 12.7. The van der Waals surface area contributed by atoms with Crippen molar-refractivity contribution in [3.63, 3.8) is 0 Å². The predicted molar refractivity (Wildman–Crippen MR) is 127 cm³/mol. The Kier molecular flexibility index (Phi) is 7.12. The molecular weight excluding hydrogens is 446 g/mol. The molecule has 0 saturated heterocycles. The monoisotopic (exact) mass is 471 g/mol. The van der Waals surface area contributed by atoms with Crippen LogP contribution in [-0.4, -0.2) is 23.7 Å². The minimum atomic E-state index is -0.978. The fourth-order valence-corrected chi connectivity index (χ4v) is 3.40. The number of nitrogens with one attached hydrogen (secondary N) is 1. The number of amides is 1. The van der Waals surface area contributed by atoms with Crippen molar-refractivity contribution in [2.24, 2.45) is 5.92 Å². The molecule has 0 aliphatic rings. The number of benzene rings is 2. The number of alkyl carbamates (subject to hydrolysis) is 1. The Morgan fingerprint density at radius 1 is 1.06 bits per heavy atom. The first-order valence-corrected chi connectivity index (χ1v) is 10.9. The lowest BCUT2D eigenvalue weighted by Crippen LogP contribution is -2.48. The van der Waals surface area contributed by atoms with Crippen LogP contribution in [0, 0.1) is 5.92 Å². The van der Waals surface area contributed by atoms with Crippen LogP contribution in [0.5, 0.6) is 5.75 Å². The van der Waals surface area contributed by atoms with E-state index < -0.39 is 29.3 Å². The maximum absolute atomic E-state index is 12.9. The zero-order chi connectivity index (χ0) is 24.3. The van der Waals surface area contributed by atoms with E-state index in [1.165, 1.54) is 12.1 Å². The van der Waals surface area contributed by atoms with Gasteiger partial charge in [0.15, 0.2) is 5.75 Å². The van der Waals surface area contributed by atoms with Crippen molar-refractivity contribution in [1.82, 2.24) is 5.32 Å². The molecule has 0 fully saturated rings. The van der Waals surface area contributed by atoms with Gasteiger partial charge in [0.25, 0.3) is 0 Å². The largest absolute Gasteiger partial charge is 0.444 e. The van der Waals surface area contributed by atoms with Gasteiger partial charge in [-0.05, 0) is 43.9 Å². The van der Waals surface area contributed by atoms with Gasteiger partial charge in [-0.25, -0.2) is 14.4 Å². The molecule has 1 heterocycles. The van der Waals surface area contributed by atoms with Gasteiger partial charge in [0.2, 0.25) is 0 Å². The summed E-state index contributed by atoms with van der Waals surface area (Å²) in [5.74, 6) is -0.996. The first kappa shape index (κ1) is 24.3. The van der Waals surface area contributed by atoms with Crippen molar-refractivity contribution in [3.05, 3.63) is 64.0 Å². The summed E-state index contributed by atoms with van der Waals surface area (Å²) in [7, 11) is 0. The number of ether oxygens (including phenoxy) is 2. The van der Waals surface area contributed by atoms with E-state index in [9.17, 15) is 14.4 Å². The SMILES string of the molecule is CC(C)[C@H](NC(=O)OC(C)(C)C)C(=O)Oc1cc2oc(=O)cc(-c3ccccc3)c2cc1Cl. The molecule has 1 atom stereocenters. The molecule has 0 radical (unpaired) electrons. The number of carbonyl (C=O) groups is 2. The Morgan fingerprint density at radius 3 is 2.33 bits per heavy atom. The van der Waals surface area contributed by atoms with E-state index in [1.807, 2.05) is 30.3 Å². The number of fused-ring (bicyclic) bond motifs is 1. The van der Waals surface area contributed by atoms with Gasteiger partial charge < -0.3 is 19.2 Å². The standard InChI is InChI=1S/C25H26ClNO6/c1-14(2)22(27-24(30)33-25(3,4)5)23(29)32-20-13-19-17(11-18(20)26)16(12-21(28)31-19)15-9-7-6-8-10-15/h6-14,22H,1-5H3,(H,27,30)/t22-/m0/s1. The van der Waals surface area contributed by atoms with Crippen LogP contribution < -0.4 is 15.7 Å². The number of hydrogen-bond acceptors (Lipinski definition) is 6. The second-order valence-corrected chi connectivity index (χ2v) is 9.32. The number of esters is 1. The second kappa shape index (κ2) is 9.67. The normalized spacial score (nSPS) is 12.5. The number of carbonyl (C=O) groups excluding carboxylic acids is 2. The molecule has 0 aliphatic carbocycles. The van der Waals surface area contributed by atoms with Gasteiger partial charge in [0, 0.05) is 17.5 Å². The average molecular weight is 472 g/mol. The molecule has 0 unspecified atom stereocenters. The summed E-state index contributed by atoms with van der Waals surface area (Å²) >= 11 is 6.41. The molecule has 0 bridgehead atoms. The maximum Gasteiger partial charge on any atom is 0.408 e. The fourth-order valence-electron chi connectivity index (χ4n) is 3.20. The topological polar surface area (TPSA) is 94.8 Å². The zero-order valence-corrected chi connectivity index (χ0v) is 19.9. The van der Waals surface area contributed by atoms with E-state index in [0.29, 0.717) is 10.9 Å². The van der Waals surface area contributed by atoms with Crippen LogP contribution >= 0.6 is 11.6 Å². The fraction of sp³-hybridized carbons (Fsp3) is 0.320. The molecule has 0 aliphatic heterocycles. The van der Waals surface area contributed by atoms with Gasteiger partial charge >= 0.3 is 17.7 Å². The van der Waals surface area contributed by atoms with E-state index in [0.717, 1.165) is 5.56 Å². The molecule has 7 nitrogen and oxygen atoms in total. The van der Waals surface area contributed by atoms with Gasteiger partial charge in [0.05, 0.1) is 5.02 Å². The molecule has 0 spiro atoms. The third-order valence-electron chi connectivity index (χ3n) is 4.69. The highest BCUT2D eigenvalue weighted by Gasteiger charge is 2.29. The lowest BCUT2D eigenvalue weighted by atomic mass is 10.0. The Morgan fingerprint density at radius 2 is 1.73 bits per heavy atom. The summed E-state index contributed by atoms with van der Waals surface area (Å²) < 4.78 is 16.1. The number of hydrogen-bond donors (Lipinski definition) is 1. The molecule has 2 aromatic carbocycles. The molecule has 8 heteroatoms. The second-order valence-electron chi connectivity index (χ2n) is 8.91. The molecule has 1 N–H and O–H groups in total. The summed E-state index contributed by atoms with van der Waals surface area (Å²) in [4.78, 5) is 37.2. The van der Waals surface area contributed by atoms with Crippen LogP contribution in [0.15, 0.2) is 57.7 Å². The highest BCUT2D eigenvalue weighted by Crippen LogP contribution is 2.35. The maximum atomic E-state index is 12.9. The quantitative estimate of drug-likeness (QED) is 0.297. The van der Waals surface area contributed by atoms with Crippen LogP contribution in [-0.2, 0) is 9.53 Å². The minimum Gasteiger partial charge on any atom is -0.444 e. The molecule has 0 saturated carbocycles. The minimum absolute atomic E-state index is 0.0131. The molecular formula is C25H26ClNO6. The van der Waals surface area contributed by atoms with Crippen LogP contribution in [0.2, 0.25) is 5.02 Å². The Bertz CT molecular complexity index is 1230. The van der Waals surface area contributed by atoms with Crippen molar-refractivity contribution < 1.29 is 23.5 Å². The lowest BCUT2D eigenvalue weighted by Gasteiger charge is -2.24. The Hall–Kier alpha value is -3.32. The highest BCUT2D eigenvalue weighted by molar-refractivity contribution is 6.33. The van der Waals surface area contributed by atoms with Gasteiger partial charge in [-0.1, -0.05) is 55.8 Å². The Labute approximate surface area is 196 Å². The van der Waals surface area contributed by atoms with Gasteiger partial charge in [-0.15, -0.1) is 0 Å². The van der Waals surface area contributed by atoms with E-state index in [4.69, 9.17) is 25.5 Å². The zero-order valence-electron chi connectivity index (χ0n) is 19.1. The first-order chi connectivity index (χ1) is 15.4. The summed E-state index contributed by atoms with van der Waals surface area (Å²) in [6.07, 6.45) is -0.735. The van der Waals surface area contributed by atoms with Crippen molar-refractivity contribution in [1.29, 1.82) is 0 Å². The summed E-state index contributed by atoms with van der Waals surface area (Å²) in [6.45, 7) is 8.69. The van der Waals surface area contributed by atoms with Crippen LogP contribution in [0.4, 0.5) is 4.79 Å². The van der Waals surface area contributed by atoms with Crippen molar-refractivity contribution >= 4 is 34.6 Å². The van der Waals surface area contributed by atoms with Crippen LogP contribution in [0.1, 0.15) is 34.6 Å². The molecule has 1 aromatic heterocycles. The smallest absolute Gasteiger partial charge is 0.408 e. The van der Waals surface area contributed by atoms with Gasteiger partial charge in [-0.3, -0.25) is 0 Å². The summed E-state index contributed by atoms with van der Waals surface area (Å²) in [5, 5.41) is 3.29. The third-order valence-corrected chi connectivity index (χ3v) is 4.98. The Balaban J connectivity index is 1.92. The average Bonchev–Trinajstić information content (AvgIpc) is 2.71. The lowest BCUT2D eigenvalue weighted by molar-refractivity contribution is -0.137.